The minimum absolute atomic E-state index is 0.0536. The Morgan fingerprint density at radius 3 is 2.46 bits per heavy atom. The lowest BCUT2D eigenvalue weighted by Gasteiger charge is -2.32. The van der Waals surface area contributed by atoms with Crippen LogP contribution in [0.2, 0.25) is 0 Å². The van der Waals surface area contributed by atoms with E-state index in [4.69, 9.17) is 0 Å². The molecule has 3 aromatic rings. The van der Waals surface area contributed by atoms with Gasteiger partial charge in [-0.15, -0.1) is 0 Å². The van der Waals surface area contributed by atoms with E-state index in [1.165, 1.54) is 28.7 Å². The number of carbonyl (C=O) groups excluding carboxylic acids is 1. The second kappa shape index (κ2) is 10.1. The summed E-state index contributed by atoms with van der Waals surface area (Å²) in [5.74, 6) is -1.70. The average Bonchev–Trinajstić information content (AvgIpc) is 3.25. The lowest BCUT2D eigenvalue weighted by Crippen LogP contribution is -2.24. The third-order valence-corrected chi connectivity index (χ3v) is 6.53. The Bertz CT molecular complexity index is 1420. The number of amides is 1. The molecule has 1 N–H and O–H groups in total. The van der Waals surface area contributed by atoms with Gasteiger partial charge in [0.2, 0.25) is 0 Å². The zero-order valence-electron chi connectivity index (χ0n) is 20.8. The van der Waals surface area contributed by atoms with E-state index in [9.17, 15) is 14.7 Å². The SMILES string of the molecule is CN(C)c1ccc(N2CCCc3cc(/C=C/C=C4\C(=O)N(c5ccccc5)N=C4C(=O)O)ccc32)cc1. The minimum Gasteiger partial charge on any atom is -0.476 e. The molecule has 7 heteroatoms. The quantitative estimate of drug-likeness (QED) is 0.475. The molecule has 2 aliphatic rings. The first-order valence-electron chi connectivity index (χ1n) is 12.2. The highest BCUT2D eigenvalue weighted by atomic mass is 16.4. The first kappa shape index (κ1) is 24.1. The fourth-order valence-corrected chi connectivity index (χ4v) is 4.64. The number of benzene rings is 3. The number of nitrogens with zero attached hydrogens (tertiary/aromatic N) is 4. The molecule has 0 aromatic heterocycles. The number of carbonyl (C=O) groups is 2. The monoisotopic (exact) mass is 492 g/mol. The molecule has 186 valence electrons. The van der Waals surface area contributed by atoms with Crippen LogP contribution in [0.3, 0.4) is 0 Å². The van der Waals surface area contributed by atoms with Gasteiger partial charge in [0.25, 0.3) is 5.91 Å². The van der Waals surface area contributed by atoms with E-state index >= 15 is 0 Å². The molecule has 0 radical (unpaired) electrons. The van der Waals surface area contributed by atoms with Gasteiger partial charge in [-0.3, -0.25) is 4.79 Å². The molecule has 0 unspecified atom stereocenters. The molecule has 0 atom stereocenters. The molecule has 0 bridgehead atoms. The lowest BCUT2D eigenvalue weighted by molar-refractivity contribution is -0.129. The van der Waals surface area contributed by atoms with Gasteiger partial charge in [-0.1, -0.05) is 36.4 Å². The van der Waals surface area contributed by atoms with Crippen molar-refractivity contribution in [2.24, 2.45) is 5.10 Å². The maximum atomic E-state index is 12.9. The van der Waals surface area contributed by atoms with Crippen molar-refractivity contribution in [2.45, 2.75) is 12.8 Å². The highest BCUT2D eigenvalue weighted by Gasteiger charge is 2.34. The largest absolute Gasteiger partial charge is 0.476 e. The molecule has 0 saturated carbocycles. The van der Waals surface area contributed by atoms with Gasteiger partial charge < -0.3 is 14.9 Å². The zero-order valence-corrected chi connectivity index (χ0v) is 20.8. The predicted octanol–water partition coefficient (Wildman–Crippen LogP) is 5.26. The van der Waals surface area contributed by atoms with E-state index < -0.39 is 11.9 Å². The average molecular weight is 493 g/mol. The number of para-hydroxylation sites is 1. The Hall–Kier alpha value is -4.65. The highest BCUT2D eigenvalue weighted by Crippen LogP contribution is 2.35. The molecule has 2 heterocycles. The van der Waals surface area contributed by atoms with E-state index in [0.29, 0.717) is 5.69 Å². The summed E-state index contributed by atoms with van der Waals surface area (Å²) < 4.78 is 0. The molecule has 37 heavy (non-hydrogen) atoms. The summed E-state index contributed by atoms with van der Waals surface area (Å²) >= 11 is 0. The zero-order chi connectivity index (χ0) is 25.9. The van der Waals surface area contributed by atoms with Crippen molar-refractivity contribution in [3.8, 4) is 0 Å². The van der Waals surface area contributed by atoms with Crippen LogP contribution >= 0.6 is 0 Å². The maximum absolute atomic E-state index is 12.9. The van der Waals surface area contributed by atoms with Crippen LogP contribution in [0.5, 0.6) is 0 Å². The van der Waals surface area contributed by atoms with E-state index in [-0.39, 0.29) is 11.3 Å². The van der Waals surface area contributed by atoms with E-state index in [0.717, 1.165) is 30.0 Å². The summed E-state index contributed by atoms with van der Waals surface area (Å²) in [6.45, 7) is 0.965. The molecule has 0 aliphatic carbocycles. The van der Waals surface area contributed by atoms with Crippen molar-refractivity contribution in [1.29, 1.82) is 0 Å². The van der Waals surface area contributed by atoms with Gasteiger partial charge in [0.1, 0.15) is 0 Å². The number of hydrogen-bond donors (Lipinski definition) is 1. The first-order valence-corrected chi connectivity index (χ1v) is 12.2. The Morgan fingerprint density at radius 2 is 1.76 bits per heavy atom. The van der Waals surface area contributed by atoms with Crippen molar-refractivity contribution in [3.63, 3.8) is 0 Å². The second-order valence-electron chi connectivity index (χ2n) is 9.20. The summed E-state index contributed by atoms with van der Waals surface area (Å²) in [4.78, 5) is 29.1. The van der Waals surface area contributed by atoms with Crippen LogP contribution < -0.4 is 14.8 Å². The summed E-state index contributed by atoms with van der Waals surface area (Å²) in [5, 5.41) is 14.8. The second-order valence-corrected chi connectivity index (χ2v) is 9.20. The van der Waals surface area contributed by atoms with E-state index in [1.54, 1.807) is 30.3 Å². The van der Waals surface area contributed by atoms with Crippen LogP contribution in [0, 0.1) is 0 Å². The first-order chi connectivity index (χ1) is 17.9. The Labute approximate surface area is 216 Å². The highest BCUT2D eigenvalue weighted by molar-refractivity contribution is 6.52. The van der Waals surface area contributed by atoms with Crippen molar-refractivity contribution >= 4 is 46.4 Å². The van der Waals surface area contributed by atoms with Gasteiger partial charge in [-0.2, -0.15) is 10.1 Å². The van der Waals surface area contributed by atoms with Gasteiger partial charge in [0, 0.05) is 37.7 Å². The van der Waals surface area contributed by atoms with Crippen LogP contribution in [0.25, 0.3) is 6.08 Å². The number of hydrogen-bond acceptors (Lipinski definition) is 5. The standard InChI is InChI=1S/C30H28N4O3/c1-32(2)23-14-16-24(17-15-23)33-19-7-9-22-20-21(13-18-27(22)33)8-6-12-26-28(30(36)37)31-34(29(26)35)25-10-4-3-5-11-25/h3-6,8,10-18,20H,7,9,19H2,1-2H3,(H,36,37)/b8-6+,26-12-. The number of aryl methyl sites for hydroxylation is 1. The predicted molar refractivity (Wildman–Crippen MR) is 149 cm³/mol. The number of anilines is 4. The molecule has 3 aromatic carbocycles. The van der Waals surface area contributed by atoms with Crippen molar-refractivity contribution < 1.29 is 14.7 Å². The number of carboxylic acids is 1. The van der Waals surface area contributed by atoms with E-state index in [1.807, 2.05) is 32.3 Å². The van der Waals surface area contributed by atoms with Crippen LogP contribution in [0.4, 0.5) is 22.7 Å². The number of hydrazone groups is 1. The number of carboxylic acid groups (broad SMARTS) is 1. The number of aliphatic carboxylic acids is 1. The minimum atomic E-state index is -1.24. The van der Waals surface area contributed by atoms with Gasteiger partial charge in [-0.05, 0) is 78.6 Å². The van der Waals surface area contributed by atoms with Crippen LogP contribution in [0.15, 0.2) is 95.6 Å². The molecular formula is C30H28N4O3. The van der Waals surface area contributed by atoms with E-state index in [2.05, 4.69) is 51.3 Å². The molecule has 0 spiro atoms. The van der Waals surface area contributed by atoms with Crippen LogP contribution in [0.1, 0.15) is 17.5 Å². The molecule has 0 saturated heterocycles. The number of fused-ring (bicyclic) bond motifs is 1. The molecule has 7 nitrogen and oxygen atoms in total. The van der Waals surface area contributed by atoms with Crippen LogP contribution in [-0.4, -0.2) is 43.3 Å². The number of rotatable bonds is 6. The Balaban J connectivity index is 1.37. The third kappa shape index (κ3) is 4.89. The summed E-state index contributed by atoms with van der Waals surface area (Å²) in [6, 6.07) is 23.7. The summed E-state index contributed by atoms with van der Waals surface area (Å²) in [5.41, 5.74) is 6.09. The van der Waals surface area contributed by atoms with Crippen molar-refractivity contribution in [2.75, 3.05) is 35.4 Å². The summed E-state index contributed by atoms with van der Waals surface area (Å²) in [7, 11) is 4.07. The number of allylic oxidation sites excluding steroid dienone is 2. The summed E-state index contributed by atoms with van der Waals surface area (Å²) in [6.07, 6.45) is 7.17. The molecular weight excluding hydrogens is 464 g/mol. The molecule has 0 fully saturated rings. The van der Waals surface area contributed by atoms with Gasteiger partial charge in [-0.25, -0.2) is 4.79 Å². The lowest BCUT2D eigenvalue weighted by atomic mass is 9.98. The molecule has 2 aliphatic heterocycles. The molecule has 5 rings (SSSR count). The Morgan fingerprint density at radius 1 is 1.00 bits per heavy atom. The van der Waals surface area contributed by atoms with Crippen molar-refractivity contribution in [3.05, 3.63) is 102 Å². The maximum Gasteiger partial charge on any atom is 0.357 e. The smallest absolute Gasteiger partial charge is 0.357 e. The fraction of sp³-hybridized carbons (Fsp3) is 0.167. The van der Waals surface area contributed by atoms with Gasteiger partial charge in [0.05, 0.1) is 11.3 Å². The normalized spacial score (nSPS) is 16.3. The molecule has 1 amide bonds. The fourth-order valence-electron chi connectivity index (χ4n) is 4.64. The van der Waals surface area contributed by atoms with Gasteiger partial charge >= 0.3 is 5.97 Å². The van der Waals surface area contributed by atoms with Crippen LogP contribution in [-0.2, 0) is 16.0 Å². The third-order valence-electron chi connectivity index (χ3n) is 6.53. The van der Waals surface area contributed by atoms with Gasteiger partial charge in [0.15, 0.2) is 5.71 Å². The Kier molecular flexibility index (Phi) is 6.60. The topological polar surface area (TPSA) is 76.5 Å². The van der Waals surface area contributed by atoms with Crippen molar-refractivity contribution in [1.82, 2.24) is 0 Å².